The Kier molecular flexibility index (Phi) is 4.53. The maximum atomic E-state index is 11.9. The molecule has 0 bridgehead atoms. The molecule has 98 valence electrons. The highest BCUT2D eigenvalue weighted by molar-refractivity contribution is 6.32. The highest BCUT2D eigenvalue weighted by atomic mass is 35.5. The van der Waals surface area contributed by atoms with Gasteiger partial charge in [0.05, 0.1) is 5.56 Å². The fourth-order valence-electron chi connectivity index (χ4n) is 1.85. The van der Waals surface area contributed by atoms with Gasteiger partial charge in [-0.2, -0.15) is 0 Å². The third-order valence-electron chi connectivity index (χ3n) is 2.94. The average molecular weight is 275 g/mol. The fraction of sp³-hybridized carbons (Fsp3) is 0.200. The van der Waals surface area contributed by atoms with Crippen LogP contribution in [-0.2, 0) is 6.42 Å². The minimum Gasteiger partial charge on any atom is -0.352 e. The topological polar surface area (TPSA) is 42.0 Å². The van der Waals surface area contributed by atoms with Crippen LogP contribution in [0.25, 0.3) is 0 Å². The Bertz CT molecular complexity index is 584. The van der Waals surface area contributed by atoms with Gasteiger partial charge in [-0.3, -0.25) is 4.79 Å². The lowest BCUT2D eigenvalue weighted by atomic mass is 10.1. The second kappa shape index (κ2) is 6.34. The Morgan fingerprint density at radius 3 is 2.79 bits per heavy atom. The van der Waals surface area contributed by atoms with Gasteiger partial charge in [-0.05, 0) is 36.6 Å². The smallest absolute Gasteiger partial charge is 0.254 e. The molecule has 0 saturated heterocycles. The Balaban J connectivity index is 1.92. The Morgan fingerprint density at radius 2 is 2.05 bits per heavy atom. The van der Waals surface area contributed by atoms with E-state index in [0.717, 1.165) is 6.42 Å². The zero-order valence-electron chi connectivity index (χ0n) is 10.7. The number of carbonyl (C=O) groups is 1. The van der Waals surface area contributed by atoms with Crippen LogP contribution in [0.15, 0.2) is 42.6 Å². The molecule has 1 N–H and O–H groups in total. The molecule has 2 aromatic rings. The summed E-state index contributed by atoms with van der Waals surface area (Å²) in [5.74, 6) is -0.188. The number of rotatable bonds is 4. The average Bonchev–Trinajstić information content (AvgIpc) is 2.41. The van der Waals surface area contributed by atoms with Crippen molar-refractivity contribution in [3.8, 4) is 0 Å². The first kappa shape index (κ1) is 13.6. The van der Waals surface area contributed by atoms with Crippen LogP contribution in [0.3, 0.4) is 0 Å². The van der Waals surface area contributed by atoms with Crippen LogP contribution in [0.5, 0.6) is 0 Å². The zero-order chi connectivity index (χ0) is 13.7. The molecule has 2 rings (SSSR count). The van der Waals surface area contributed by atoms with Crippen LogP contribution in [0.4, 0.5) is 0 Å². The third-order valence-corrected chi connectivity index (χ3v) is 3.25. The van der Waals surface area contributed by atoms with Crippen molar-refractivity contribution in [1.29, 1.82) is 0 Å². The number of amides is 1. The maximum absolute atomic E-state index is 11.9. The molecule has 0 unspecified atom stereocenters. The molecule has 3 nitrogen and oxygen atoms in total. The van der Waals surface area contributed by atoms with Crippen LogP contribution in [0.1, 0.15) is 21.5 Å². The standard InChI is InChI=1S/C15H15ClN2O/c1-11-5-2-3-6-12(11)8-10-18-15(19)13-7-4-9-17-14(13)16/h2-7,9H,8,10H2,1H3,(H,18,19). The van der Waals surface area contributed by atoms with E-state index in [1.807, 2.05) is 12.1 Å². The van der Waals surface area contributed by atoms with Gasteiger partial charge < -0.3 is 5.32 Å². The lowest BCUT2D eigenvalue weighted by Gasteiger charge is -2.08. The van der Waals surface area contributed by atoms with Crippen LogP contribution < -0.4 is 5.32 Å². The van der Waals surface area contributed by atoms with E-state index in [2.05, 4.69) is 29.4 Å². The molecule has 0 aliphatic carbocycles. The molecule has 0 radical (unpaired) electrons. The van der Waals surface area contributed by atoms with Gasteiger partial charge in [0, 0.05) is 12.7 Å². The molecule has 19 heavy (non-hydrogen) atoms. The summed E-state index contributed by atoms with van der Waals surface area (Å²) in [7, 11) is 0. The quantitative estimate of drug-likeness (QED) is 0.871. The third kappa shape index (κ3) is 3.55. The first-order valence-electron chi connectivity index (χ1n) is 6.11. The molecule has 1 heterocycles. The van der Waals surface area contributed by atoms with Gasteiger partial charge in [0.1, 0.15) is 5.15 Å². The van der Waals surface area contributed by atoms with Gasteiger partial charge in [-0.25, -0.2) is 4.98 Å². The van der Waals surface area contributed by atoms with Crippen LogP contribution >= 0.6 is 11.6 Å². The lowest BCUT2D eigenvalue weighted by molar-refractivity contribution is 0.0954. The number of aryl methyl sites for hydroxylation is 1. The second-order valence-electron chi connectivity index (χ2n) is 4.27. The number of hydrogen-bond acceptors (Lipinski definition) is 2. The molecule has 0 spiro atoms. The summed E-state index contributed by atoms with van der Waals surface area (Å²) in [6, 6.07) is 11.5. The monoisotopic (exact) mass is 274 g/mol. The summed E-state index contributed by atoms with van der Waals surface area (Å²) in [5.41, 5.74) is 2.88. The Hall–Kier alpha value is -1.87. The zero-order valence-corrected chi connectivity index (χ0v) is 11.4. The normalized spacial score (nSPS) is 10.2. The Labute approximate surface area is 117 Å². The van der Waals surface area contributed by atoms with Gasteiger partial charge in [0.25, 0.3) is 5.91 Å². The number of aromatic nitrogens is 1. The number of pyridine rings is 1. The molecule has 1 aromatic carbocycles. The van der Waals surface area contributed by atoms with E-state index >= 15 is 0 Å². The van der Waals surface area contributed by atoms with E-state index in [9.17, 15) is 4.79 Å². The Morgan fingerprint density at radius 1 is 1.26 bits per heavy atom. The molecule has 0 atom stereocenters. The summed E-state index contributed by atoms with van der Waals surface area (Å²) < 4.78 is 0. The van der Waals surface area contributed by atoms with Gasteiger partial charge in [-0.15, -0.1) is 0 Å². The summed E-state index contributed by atoms with van der Waals surface area (Å²) in [6.45, 7) is 2.64. The second-order valence-corrected chi connectivity index (χ2v) is 4.63. The summed E-state index contributed by atoms with van der Waals surface area (Å²) in [6.07, 6.45) is 2.36. The van der Waals surface area contributed by atoms with Gasteiger partial charge in [0.15, 0.2) is 0 Å². The van der Waals surface area contributed by atoms with Crippen LogP contribution in [-0.4, -0.2) is 17.4 Å². The molecule has 4 heteroatoms. The van der Waals surface area contributed by atoms with E-state index < -0.39 is 0 Å². The number of hydrogen-bond donors (Lipinski definition) is 1. The SMILES string of the molecule is Cc1ccccc1CCNC(=O)c1cccnc1Cl. The molecule has 0 fully saturated rings. The van der Waals surface area contributed by atoms with E-state index in [1.165, 1.54) is 11.1 Å². The molecular formula is C15H15ClN2O. The number of halogens is 1. The van der Waals surface area contributed by atoms with Gasteiger partial charge in [0.2, 0.25) is 0 Å². The minimum atomic E-state index is -0.188. The number of nitrogens with zero attached hydrogens (tertiary/aromatic N) is 1. The first-order chi connectivity index (χ1) is 9.18. The van der Waals surface area contributed by atoms with Gasteiger partial charge >= 0.3 is 0 Å². The highest BCUT2D eigenvalue weighted by Gasteiger charge is 2.09. The van der Waals surface area contributed by atoms with E-state index in [1.54, 1.807) is 18.3 Å². The minimum absolute atomic E-state index is 0.188. The fourth-order valence-corrected chi connectivity index (χ4v) is 2.06. The number of carbonyl (C=O) groups excluding carboxylic acids is 1. The summed E-state index contributed by atoms with van der Waals surface area (Å²) in [5, 5.41) is 3.08. The van der Waals surface area contributed by atoms with E-state index in [-0.39, 0.29) is 11.1 Å². The lowest BCUT2D eigenvalue weighted by Crippen LogP contribution is -2.26. The van der Waals surface area contributed by atoms with Crippen molar-refractivity contribution < 1.29 is 4.79 Å². The summed E-state index contributed by atoms with van der Waals surface area (Å²) >= 11 is 5.87. The predicted octanol–water partition coefficient (Wildman–Crippen LogP) is 3.02. The molecule has 0 saturated carbocycles. The van der Waals surface area contributed by atoms with Crippen molar-refractivity contribution in [3.63, 3.8) is 0 Å². The number of benzene rings is 1. The van der Waals surface area contributed by atoms with E-state index in [4.69, 9.17) is 11.6 Å². The molecule has 1 aromatic heterocycles. The van der Waals surface area contributed by atoms with Gasteiger partial charge in [-0.1, -0.05) is 35.9 Å². The van der Waals surface area contributed by atoms with E-state index in [0.29, 0.717) is 12.1 Å². The van der Waals surface area contributed by atoms with Crippen molar-refractivity contribution in [2.75, 3.05) is 6.54 Å². The number of nitrogens with one attached hydrogen (secondary N) is 1. The van der Waals surface area contributed by atoms with Crippen LogP contribution in [0.2, 0.25) is 5.15 Å². The van der Waals surface area contributed by atoms with Crippen LogP contribution in [0, 0.1) is 6.92 Å². The molecule has 0 aliphatic rings. The maximum Gasteiger partial charge on any atom is 0.254 e. The van der Waals surface area contributed by atoms with Crippen molar-refractivity contribution in [2.24, 2.45) is 0 Å². The highest BCUT2D eigenvalue weighted by Crippen LogP contribution is 2.11. The molecule has 1 amide bonds. The van der Waals surface area contributed by atoms with Crippen molar-refractivity contribution in [2.45, 2.75) is 13.3 Å². The summed E-state index contributed by atoms with van der Waals surface area (Å²) in [4.78, 5) is 15.8. The van der Waals surface area contributed by atoms with Crippen molar-refractivity contribution in [1.82, 2.24) is 10.3 Å². The molecular weight excluding hydrogens is 260 g/mol. The van der Waals surface area contributed by atoms with Crippen molar-refractivity contribution >= 4 is 17.5 Å². The molecule has 0 aliphatic heterocycles. The van der Waals surface area contributed by atoms with Crippen molar-refractivity contribution in [3.05, 3.63) is 64.4 Å². The first-order valence-corrected chi connectivity index (χ1v) is 6.49. The predicted molar refractivity (Wildman–Crippen MR) is 76.5 cm³/mol. The largest absolute Gasteiger partial charge is 0.352 e.